The number of amides is 3. The first-order valence-electron chi connectivity index (χ1n) is 11.0. The lowest BCUT2D eigenvalue weighted by molar-refractivity contribution is -0.130. The summed E-state index contributed by atoms with van der Waals surface area (Å²) in [4.78, 5) is 38.2. The molecule has 1 unspecified atom stereocenters. The molecule has 4 atom stereocenters. The van der Waals surface area contributed by atoms with Crippen LogP contribution in [0.15, 0.2) is 6.20 Å². The number of hydrogen-bond acceptors (Lipinski definition) is 7. The van der Waals surface area contributed by atoms with Gasteiger partial charge < -0.3 is 26.2 Å². The highest BCUT2D eigenvalue weighted by molar-refractivity contribution is 5.88. The van der Waals surface area contributed by atoms with Crippen LogP contribution in [0.2, 0.25) is 0 Å². The van der Waals surface area contributed by atoms with Crippen LogP contribution in [0.4, 0.5) is 9.59 Å². The molecule has 33 heavy (non-hydrogen) atoms. The summed E-state index contributed by atoms with van der Waals surface area (Å²) < 4.78 is 5.36. The van der Waals surface area contributed by atoms with Crippen molar-refractivity contribution in [3.05, 3.63) is 11.9 Å². The Bertz CT molecular complexity index is 858. The van der Waals surface area contributed by atoms with Gasteiger partial charge in [-0.1, -0.05) is 20.8 Å². The van der Waals surface area contributed by atoms with Gasteiger partial charge in [-0.2, -0.15) is 15.0 Å². The normalized spacial score (nSPS) is 20.3. The van der Waals surface area contributed by atoms with E-state index in [0.29, 0.717) is 18.7 Å². The number of rotatable bonds is 8. The van der Waals surface area contributed by atoms with Crippen molar-refractivity contribution in [2.45, 2.75) is 91.2 Å². The van der Waals surface area contributed by atoms with E-state index in [2.05, 4.69) is 20.8 Å². The number of carboxylic acid groups (broad SMARTS) is 1. The molecule has 3 amide bonds. The first kappa shape index (κ1) is 26.4. The Morgan fingerprint density at radius 1 is 1.33 bits per heavy atom. The van der Waals surface area contributed by atoms with Crippen molar-refractivity contribution in [2.24, 2.45) is 11.1 Å². The van der Waals surface area contributed by atoms with Gasteiger partial charge in [0.1, 0.15) is 17.3 Å². The van der Waals surface area contributed by atoms with E-state index in [4.69, 9.17) is 10.5 Å². The van der Waals surface area contributed by atoms with E-state index < -0.39 is 29.9 Å². The minimum absolute atomic E-state index is 0.171. The molecule has 0 bridgehead atoms. The Kier molecular flexibility index (Phi) is 7.94. The van der Waals surface area contributed by atoms with Gasteiger partial charge in [0, 0.05) is 12.6 Å². The molecule has 1 saturated heterocycles. The lowest BCUT2D eigenvalue weighted by atomic mass is 9.84. The zero-order valence-electron chi connectivity index (χ0n) is 20.5. The standard InChI is InChI=1S/C21H37N7O5/c1-12(13-10-23-28(26-13)11-14-16(22)17(29)24-14)27(19(31)32)9-8-15(20(2,3)4)25-18(30)33-21(5,6)7/h10,12,14-16H,8-9,11,22H2,1-7H3,(H,24,29)(H,25,30)(H,31,32)/t12-,14+,15?,16-/m0/s1. The molecule has 1 aliphatic heterocycles. The van der Waals surface area contributed by atoms with Crippen LogP contribution in [0.25, 0.3) is 0 Å². The lowest BCUT2D eigenvalue weighted by Gasteiger charge is -2.34. The summed E-state index contributed by atoms with van der Waals surface area (Å²) in [6, 6.07) is -1.74. The minimum atomic E-state index is -1.10. The third kappa shape index (κ3) is 7.31. The van der Waals surface area contributed by atoms with Crippen molar-refractivity contribution in [3.8, 4) is 0 Å². The topological polar surface area (TPSA) is 165 Å². The predicted octanol–water partition coefficient (Wildman–Crippen LogP) is 1.47. The molecule has 0 spiro atoms. The lowest BCUT2D eigenvalue weighted by Crippen LogP contribution is -2.68. The van der Waals surface area contributed by atoms with Crippen LogP contribution < -0.4 is 16.4 Å². The molecule has 2 heterocycles. The molecule has 2 rings (SSSR count). The number of β-lactam (4-membered cyclic amide) rings is 1. The van der Waals surface area contributed by atoms with E-state index in [-0.39, 0.29) is 30.0 Å². The average molecular weight is 468 g/mol. The monoisotopic (exact) mass is 467 g/mol. The van der Waals surface area contributed by atoms with Gasteiger partial charge in [-0.25, -0.2) is 9.59 Å². The van der Waals surface area contributed by atoms with Crippen molar-refractivity contribution in [2.75, 3.05) is 6.54 Å². The van der Waals surface area contributed by atoms with Gasteiger partial charge in [-0.15, -0.1) is 0 Å². The highest BCUT2D eigenvalue weighted by atomic mass is 16.6. The van der Waals surface area contributed by atoms with Crippen molar-refractivity contribution in [1.82, 2.24) is 30.5 Å². The van der Waals surface area contributed by atoms with Crippen LogP contribution in [0.1, 0.15) is 66.6 Å². The van der Waals surface area contributed by atoms with Gasteiger partial charge in [0.25, 0.3) is 0 Å². The first-order valence-corrected chi connectivity index (χ1v) is 11.0. The molecule has 12 heteroatoms. The second-order valence-electron chi connectivity index (χ2n) is 10.5. The van der Waals surface area contributed by atoms with E-state index in [1.165, 1.54) is 15.9 Å². The van der Waals surface area contributed by atoms with Crippen LogP contribution in [-0.4, -0.2) is 73.4 Å². The number of aromatic nitrogens is 3. The molecule has 1 aromatic rings. The molecule has 12 nitrogen and oxygen atoms in total. The van der Waals surface area contributed by atoms with Gasteiger partial charge >= 0.3 is 12.2 Å². The summed E-state index contributed by atoms with van der Waals surface area (Å²) >= 11 is 0. The molecular formula is C21H37N7O5. The number of carbonyl (C=O) groups is 3. The quantitative estimate of drug-likeness (QED) is 0.417. The summed E-state index contributed by atoms with van der Waals surface area (Å²) in [5, 5.41) is 23.9. The molecule has 1 aromatic heterocycles. The predicted molar refractivity (Wildman–Crippen MR) is 120 cm³/mol. The Labute approximate surface area is 194 Å². The third-order valence-electron chi connectivity index (χ3n) is 5.51. The Hall–Kier alpha value is -2.89. The Morgan fingerprint density at radius 3 is 2.45 bits per heavy atom. The fourth-order valence-corrected chi connectivity index (χ4v) is 3.43. The van der Waals surface area contributed by atoms with E-state index in [0.717, 1.165) is 0 Å². The van der Waals surface area contributed by atoms with Gasteiger partial charge in [0.15, 0.2) is 0 Å². The number of nitrogens with one attached hydrogen (secondary N) is 2. The van der Waals surface area contributed by atoms with E-state index in [9.17, 15) is 19.5 Å². The molecule has 186 valence electrons. The van der Waals surface area contributed by atoms with Crippen LogP contribution in [0, 0.1) is 5.41 Å². The fourth-order valence-electron chi connectivity index (χ4n) is 3.43. The maximum absolute atomic E-state index is 12.3. The van der Waals surface area contributed by atoms with E-state index >= 15 is 0 Å². The molecule has 1 aliphatic rings. The van der Waals surface area contributed by atoms with Crippen LogP contribution in [0.5, 0.6) is 0 Å². The average Bonchev–Trinajstić information content (AvgIpc) is 3.12. The molecule has 0 aliphatic carbocycles. The SMILES string of the molecule is C[C@@H](c1cnn(C[C@H]2NC(=O)[C@H]2N)n1)N(CCC(NC(=O)OC(C)(C)C)C(C)(C)C)C(=O)O. The maximum Gasteiger partial charge on any atom is 0.407 e. The molecule has 5 N–H and O–H groups in total. The van der Waals surface area contributed by atoms with Crippen molar-refractivity contribution in [1.29, 1.82) is 0 Å². The van der Waals surface area contributed by atoms with Crippen molar-refractivity contribution in [3.63, 3.8) is 0 Å². The zero-order chi connectivity index (χ0) is 25.1. The fraction of sp³-hybridized carbons (Fsp3) is 0.762. The Balaban J connectivity index is 2.04. The number of alkyl carbamates (subject to hydrolysis) is 1. The van der Waals surface area contributed by atoms with Gasteiger partial charge in [-0.05, 0) is 39.5 Å². The smallest absolute Gasteiger partial charge is 0.407 e. The number of nitrogens with zero attached hydrogens (tertiary/aromatic N) is 4. The zero-order valence-corrected chi connectivity index (χ0v) is 20.5. The van der Waals surface area contributed by atoms with Crippen molar-refractivity contribution < 1.29 is 24.2 Å². The largest absolute Gasteiger partial charge is 0.465 e. The maximum atomic E-state index is 12.3. The van der Waals surface area contributed by atoms with Gasteiger partial charge in [0.05, 0.1) is 24.8 Å². The molecular weight excluding hydrogens is 430 g/mol. The highest BCUT2D eigenvalue weighted by Crippen LogP contribution is 2.25. The Morgan fingerprint density at radius 2 is 1.97 bits per heavy atom. The van der Waals surface area contributed by atoms with Crippen LogP contribution in [0.3, 0.4) is 0 Å². The summed E-state index contributed by atoms with van der Waals surface area (Å²) in [6.07, 6.45) is 0.250. The van der Waals surface area contributed by atoms with Crippen LogP contribution in [-0.2, 0) is 16.1 Å². The second kappa shape index (κ2) is 9.94. The van der Waals surface area contributed by atoms with E-state index in [1.54, 1.807) is 27.7 Å². The number of nitrogens with two attached hydrogens (primary N) is 1. The molecule has 0 aromatic carbocycles. The second-order valence-corrected chi connectivity index (χ2v) is 10.5. The number of hydrogen-bond donors (Lipinski definition) is 4. The summed E-state index contributed by atoms with van der Waals surface area (Å²) in [7, 11) is 0. The molecule has 0 radical (unpaired) electrons. The minimum Gasteiger partial charge on any atom is -0.465 e. The third-order valence-corrected chi connectivity index (χ3v) is 5.51. The van der Waals surface area contributed by atoms with Gasteiger partial charge in [-0.3, -0.25) is 9.69 Å². The van der Waals surface area contributed by atoms with Crippen LogP contribution >= 0.6 is 0 Å². The summed E-state index contributed by atoms with van der Waals surface area (Å²) in [6.45, 7) is 13.5. The molecule has 0 saturated carbocycles. The summed E-state index contributed by atoms with van der Waals surface area (Å²) in [5.74, 6) is -0.216. The highest BCUT2D eigenvalue weighted by Gasteiger charge is 2.37. The first-order chi connectivity index (χ1) is 15.1. The number of ether oxygens (including phenoxy) is 1. The van der Waals surface area contributed by atoms with Gasteiger partial charge in [0.2, 0.25) is 5.91 Å². The van der Waals surface area contributed by atoms with Crippen molar-refractivity contribution >= 4 is 18.1 Å². The molecule has 1 fully saturated rings. The summed E-state index contributed by atoms with van der Waals surface area (Å²) in [5.41, 5.74) is 5.26. The number of carbonyl (C=O) groups excluding carboxylic acids is 2. The van der Waals surface area contributed by atoms with E-state index in [1.807, 2.05) is 20.8 Å².